The Labute approximate surface area is 277 Å². The SMILES string of the molecule is C[C@@H]1C23CC[C@H](OC4CN(C(=O)CC5CC5)CCO4)C(C)(C)C2CC[C@H]2C4C[C@@H](O)[C@H](CCCCOC(=O)N(C)C)[C@@]4(C)CC[C@]123. The molecular formula is C38H62N2O6. The van der Waals surface area contributed by atoms with Gasteiger partial charge in [0.1, 0.15) is 0 Å². The standard InChI is InChI=1S/C38H62N2O6/c1-24-37-17-16-36(4)27(9-7-8-19-45-34(43)39(5)6)29(41)22-28(36)26(37)12-13-30-35(2,3)31(14-15-38(24,30)37)46-33-23-40(18-20-44-33)32(42)21-25-10-11-25/h24-31,33,41H,7-23H2,1-6H3/t24-,26-,27-,28?,29+,30?,31-,33?,36+,37-,38?/m0/s1. The molecule has 0 aromatic rings. The number of fused-ring (bicyclic) bond motifs is 2. The number of hydrogen-bond donors (Lipinski definition) is 1. The van der Waals surface area contributed by atoms with Crippen LogP contribution in [0.2, 0.25) is 0 Å². The van der Waals surface area contributed by atoms with Crippen molar-refractivity contribution >= 4 is 12.0 Å². The highest BCUT2D eigenvalue weighted by molar-refractivity contribution is 5.76. The van der Waals surface area contributed by atoms with Crippen molar-refractivity contribution in [2.75, 3.05) is 40.4 Å². The van der Waals surface area contributed by atoms with Crippen LogP contribution in [0.3, 0.4) is 0 Å². The average molecular weight is 643 g/mol. The van der Waals surface area contributed by atoms with Gasteiger partial charge in [-0.1, -0.05) is 27.7 Å². The van der Waals surface area contributed by atoms with Crippen LogP contribution in [0.1, 0.15) is 111 Å². The quantitative estimate of drug-likeness (QED) is 0.289. The zero-order chi connectivity index (χ0) is 32.6. The first-order valence-electron chi connectivity index (χ1n) is 18.9. The van der Waals surface area contributed by atoms with Gasteiger partial charge in [0.15, 0.2) is 6.29 Å². The zero-order valence-corrected chi connectivity index (χ0v) is 29.6. The fraction of sp³-hybridized carbons (Fsp3) is 0.947. The van der Waals surface area contributed by atoms with Gasteiger partial charge in [0.25, 0.3) is 0 Å². The molecular weight excluding hydrogens is 580 g/mol. The first-order valence-corrected chi connectivity index (χ1v) is 18.9. The van der Waals surface area contributed by atoms with E-state index in [1.807, 2.05) is 4.90 Å². The van der Waals surface area contributed by atoms with Gasteiger partial charge in [-0.05, 0) is 134 Å². The fourth-order valence-electron chi connectivity index (χ4n) is 13.1. The number of aliphatic hydroxyl groups is 1. The van der Waals surface area contributed by atoms with E-state index in [2.05, 4.69) is 27.7 Å². The molecule has 7 fully saturated rings. The summed E-state index contributed by atoms with van der Waals surface area (Å²) in [6.07, 6.45) is 13.6. The molecule has 46 heavy (non-hydrogen) atoms. The van der Waals surface area contributed by atoms with Crippen molar-refractivity contribution in [3.63, 3.8) is 0 Å². The molecule has 1 heterocycles. The summed E-state index contributed by atoms with van der Waals surface area (Å²) in [6.45, 7) is 12.3. The summed E-state index contributed by atoms with van der Waals surface area (Å²) in [5.74, 6) is 3.90. The van der Waals surface area contributed by atoms with Crippen LogP contribution in [0.5, 0.6) is 0 Å². The number of amides is 2. The summed E-state index contributed by atoms with van der Waals surface area (Å²) >= 11 is 0. The van der Waals surface area contributed by atoms with Gasteiger partial charge in [0, 0.05) is 27.1 Å². The van der Waals surface area contributed by atoms with Crippen molar-refractivity contribution < 1.29 is 28.9 Å². The van der Waals surface area contributed by atoms with E-state index in [4.69, 9.17) is 14.2 Å². The third-order valence-corrected chi connectivity index (χ3v) is 15.5. The molecule has 8 nitrogen and oxygen atoms in total. The molecule has 260 valence electrons. The summed E-state index contributed by atoms with van der Waals surface area (Å²) in [5.41, 5.74) is 1.05. The molecule has 7 aliphatic rings. The van der Waals surface area contributed by atoms with Gasteiger partial charge < -0.3 is 29.1 Å². The van der Waals surface area contributed by atoms with Crippen molar-refractivity contribution in [1.29, 1.82) is 0 Å². The molecule has 0 aromatic heterocycles. The minimum absolute atomic E-state index is 0.0547. The Morgan fingerprint density at radius 2 is 1.76 bits per heavy atom. The van der Waals surface area contributed by atoms with E-state index in [0.29, 0.717) is 73.1 Å². The van der Waals surface area contributed by atoms with E-state index in [9.17, 15) is 14.7 Å². The zero-order valence-electron chi connectivity index (χ0n) is 29.6. The molecule has 0 radical (unpaired) electrons. The fourth-order valence-corrected chi connectivity index (χ4v) is 13.1. The Kier molecular flexibility index (Phi) is 8.57. The van der Waals surface area contributed by atoms with Crippen LogP contribution in [0.4, 0.5) is 4.79 Å². The van der Waals surface area contributed by atoms with Gasteiger partial charge >= 0.3 is 6.09 Å². The van der Waals surface area contributed by atoms with Gasteiger partial charge in [-0.3, -0.25) is 4.79 Å². The summed E-state index contributed by atoms with van der Waals surface area (Å²) in [4.78, 5) is 28.1. The molecule has 8 heteroatoms. The first-order chi connectivity index (χ1) is 21.9. The Balaban J connectivity index is 0.998. The molecule has 2 spiro atoms. The van der Waals surface area contributed by atoms with Crippen molar-refractivity contribution in [3.05, 3.63) is 0 Å². The number of rotatable bonds is 9. The minimum Gasteiger partial charge on any atom is -0.449 e. The topological polar surface area (TPSA) is 88.5 Å². The molecule has 6 saturated carbocycles. The number of hydrogen-bond acceptors (Lipinski definition) is 6. The largest absolute Gasteiger partial charge is 0.449 e. The van der Waals surface area contributed by atoms with Gasteiger partial charge in [-0.2, -0.15) is 0 Å². The lowest BCUT2D eigenvalue weighted by atomic mass is 9.46. The molecule has 1 aliphatic heterocycles. The number of carbonyl (C=O) groups is 2. The molecule has 0 bridgehead atoms. The van der Waals surface area contributed by atoms with E-state index in [1.165, 1.54) is 49.8 Å². The smallest absolute Gasteiger partial charge is 0.409 e. The normalized spacial score (nSPS) is 45.6. The van der Waals surface area contributed by atoms with Crippen LogP contribution >= 0.6 is 0 Å². The van der Waals surface area contributed by atoms with Crippen molar-refractivity contribution in [1.82, 2.24) is 9.80 Å². The molecule has 1 N–H and O–H groups in total. The highest BCUT2D eigenvalue weighted by Gasteiger charge is 2.84. The van der Waals surface area contributed by atoms with E-state index in [0.717, 1.165) is 38.0 Å². The summed E-state index contributed by atoms with van der Waals surface area (Å²) in [7, 11) is 3.43. The van der Waals surface area contributed by atoms with Gasteiger partial charge in [-0.25, -0.2) is 4.79 Å². The monoisotopic (exact) mass is 642 g/mol. The minimum atomic E-state index is -0.315. The highest BCUT2D eigenvalue weighted by atomic mass is 16.7. The maximum Gasteiger partial charge on any atom is 0.409 e. The number of nitrogens with zero attached hydrogens (tertiary/aromatic N) is 2. The van der Waals surface area contributed by atoms with Gasteiger partial charge in [0.2, 0.25) is 5.91 Å². The third-order valence-electron chi connectivity index (χ3n) is 15.5. The summed E-state index contributed by atoms with van der Waals surface area (Å²) in [6, 6.07) is 0. The number of ether oxygens (including phenoxy) is 3. The highest BCUT2D eigenvalue weighted by Crippen LogP contribution is 2.89. The summed E-state index contributed by atoms with van der Waals surface area (Å²) in [5, 5.41) is 11.5. The lowest BCUT2D eigenvalue weighted by Crippen LogP contribution is -2.56. The Hall–Kier alpha value is -1.38. The van der Waals surface area contributed by atoms with Crippen LogP contribution in [0.25, 0.3) is 0 Å². The molecule has 1 saturated heterocycles. The van der Waals surface area contributed by atoms with Crippen LogP contribution in [-0.2, 0) is 19.0 Å². The molecule has 4 unspecified atom stereocenters. The average Bonchev–Trinajstić information content (AvgIpc) is 3.91. The molecule has 6 aliphatic carbocycles. The van der Waals surface area contributed by atoms with Crippen LogP contribution in [-0.4, -0.2) is 85.8 Å². The lowest BCUT2D eigenvalue weighted by Gasteiger charge is -2.59. The number of morpholine rings is 1. The van der Waals surface area contributed by atoms with Crippen LogP contribution in [0.15, 0.2) is 0 Å². The van der Waals surface area contributed by atoms with Gasteiger partial charge in [-0.15, -0.1) is 0 Å². The Bertz CT molecular complexity index is 1170. The van der Waals surface area contributed by atoms with Crippen molar-refractivity contribution in [3.8, 4) is 0 Å². The van der Waals surface area contributed by atoms with Crippen molar-refractivity contribution in [2.45, 2.75) is 130 Å². The van der Waals surface area contributed by atoms with E-state index >= 15 is 0 Å². The summed E-state index contributed by atoms with van der Waals surface area (Å²) < 4.78 is 18.3. The predicted octanol–water partition coefficient (Wildman–Crippen LogP) is 6.49. The second-order valence-corrected chi connectivity index (χ2v) is 17.8. The third kappa shape index (κ3) is 5.07. The van der Waals surface area contributed by atoms with Crippen LogP contribution < -0.4 is 0 Å². The molecule has 7 rings (SSSR count). The number of carbonyl (C=O) groups excluding carboxylic acids is 2. The Morgan fingerprint density at radius 1 is 0.978 bits per heavy atom. The molecule has 0 aromatic carbocycles. The first kappa shape index (κ1) is 33.1. The van der Waals surface area contributed by atoms with E-state index in [1.54, 1.807) is 14.1 Å². The molecule has 11 atom stereocenters. The predicted molar refractivity (Wildman–Crippen MR) is 176 cm³/mol. The maximum atomic E-state index is 12.9. The second-order valence-electron chi connectivity index (χ2n) is 17.8. The van der Waals surface area contributed by atoms with E-state index < -0.39 is 0 Å². The van der Waals surface area contributed by atoms with E-state index in [-0.39, 0.29) is 41.3 Å². The Morgan fingerprint density at radius 3 is 2.50 bits per heavy atom. The number of aliphatic hydroxyl groups excluding tert-OH is 1. The second kappa shape index (κ2) is 11.9. The molecule has 2 amide bonds. The maximum absolute atomic E-state index is 12.9. The van der Waals surface area contributed by atoms with Crippen molar-refractivity contribution in [2.24, 2.45) is 57.2 Å². The van der Waals surface area contributed by atoms with Gasteiger partial charge in [0.05, 0.1) is 32.0 Å². The lowest BCUT2D eigenvalue weighted by molar-refractivity contribution is -0.244. The van der Waals surface area contributed by atoms with Crippen LogP contribution in [0, 0.1) is 57.2 Å². The number of unbranched alkanes of at least 4 members (excludes halogenated alkanes) is 1.